The summed E-state index contributed by atoms with van der Waals surface area (Å²) in [6, 6.07) is 0. The fourth-order valence-corrected chi connectivity index (χ4v) is 2.60. The third kappa shape index (κ3) is 19.9. The van der Waals surface area contributed by atoms with E-state index in [-0.39, 0.29) is 18.9 Å². The molecule has 31 heavy (non-hydrogen) atoms. The molecule has 0 rings (SSSR count). The first-order chi connectivity index (χ1) is 14.4. The van der Waals surface area contributed by atoms with Crippen LogP contribution in [0.15, 0.2) is 0 Å². The Morgan fingerprint density at radius 1 is 0.839 bits per heavy atom. The number of rotatable bonds is 15. The van der Waals surface area contributed by atoms with Crippen LogP contribution in [-0.4, -0.2) is 61.0 Å². The maximum Gasteiger partial charge on any atom is 0.412 e. The summed E-state index contributed by atoms with van der Waals surface area (Å²) in [7, 11) is 0. The van der Waals surface area contributed by atoms with Gasteiger partial charge >= 0.3 is 12.2 Å². The fourth-order valence-electron chi connectivity index (χ4n) is 2.60. The molecule has 0 spiro atoms. The van der Waals surface area contributed by atoms with Gasteiger partial charge in [-0.2, -0.15) is 0 Å². The van der Waals surface area contributed by atoms with Gasteiger partial charge in [0.15, 0.2) is 0 Å². The first kappa shape index (κ1) is 29.2. The van der Waals surface area contributed by atoms with Crippen LogP contribution in [0.1, 0.15) is 92.9 Å². The molecule has 0 saturated carbocycles. The second-order valence-electron chi connectivity index (χ2n) is 9.64. The fraction of sp³-hybridized carbons (Fsp3) is 0.870. The van der Waals surface area contributed by atoms with E-state index in [1.807, 2.05) is 41.5 Å². The van der Waals surface area contributed by atoms with Gasteiger partial charge in [-0.1, -0.05) is 19.3 Å². The highest BCUT2D eigenvalue weighted by Gasteiger charge is 2.22. The second kappa shape index (κ2) is 15.9. The Hall–Kier alpha value is -1.83. The Labute approximate surface area is 188 Å². The van der Waals surface area contributed by atoms with E-state index >= 15 is 0 Å². The molecule has 0 radical (unpaired) electrons. The molecule has 1 N–H and O–H groups in total. The summed E-state index contributed by atoms with van der Waals surface area (Å²) in [6.07, 6.45) is 6.95. The Kier molecular flexibility index (Phi) is 15.0. The molecule has 0 saturated heterocycles. The van der Waals surface area contributed by atoms with Crippen LogP contribution in [0.5, 0.6) is 0 Å². The zero-order valence-electron chi connectivity index (χ0n) is 20.5. The summed E-state index contributed by atoms with van der Waals surface area (Å²) in [6.45, 7) is 12.9. The molecule has 182 valence electrons. The van der Waals surface area contributed by atoms with Gasteiger partial charge in [0.05, 0.1) is 0 Å². The number of hydrogen-bond donors (Lipinski definition) is 1. The zero-order chi connectivity index (χ0) is 23.8. The third-order valence-electron chi connectivity index (χ3n) is 4.03. The number of unbranched alkanes of at least 4 members (excludes halogenated alkanes) is 6. The van der Waals surface area contributed by atoms with Crippen molar-refractivity contribution in [3.8, 4) is 0 Å². The molecule has 8 heteroatoms. The highest BCUT2D eigenvalue weighted by atomic mass is 16.6. The van der Waals surface area contributed by atoms with Crippen molar-refractivity contribution in [2.75, 3.05) is 26.4 Å². The van der Waals surface area contributed by atoms with Gasteiger partial charge in [0.2, 0.25) is 0 Å². The lowest BCUT2D eigenvalue weighted by Crippen LogP contribution is -2.39. The van der Waals surface area contributed by atoms with E-state index in [1.54, 1.807) is 4.90 Å². The Morgan fingerprint density at radius 3 is 2.06 bits per heavy atom. The molecule has 0 aromatic rings. The minimum atomic E-state index is -0.555. The number of carbonyl (C=O) groups excluding carboxylic acids is 3. The predicted molar refractivity (Wildman–Crippen MR) is 121 cm³/mol. The number of ether oxygens (including phenoxy) is 3. The first-order valence-corrected chi connectivity index (χ1v) is 11.4. The van der Waals surface area contributed by atoms with Crippen LogP contribution >= 0.6 is 0 Å². The number of aldehydes is 1. The molecule has 0 aliphatic carbocycles. The van der Waals surface area contributed by atoms with Gasteiger partial charge in [-0.3, -0.25) is 4.90 Å². The number of nitrogens with one attached hydrogen (secondary N) is 1. The van der Waals surface area contributed by atoms with Crippen LogP contribution in [0.2, 0.25) is 0 Å². The molecule has 8 nitrogen and oxygen atoms in total. The van der Waals surface area contributed by atoms with Crippen LogP contribution < -0.4 is 5.32 Å². The topological polar surface area (TPSA) is 94.2 Å². The standard InChI is InChI=1S/C23H44N2O6/c1-22(2,3)30-20(27)24-15-11-7-10-14-18-29-19-25(16-12-8-9-13-17-26)21(28)31-23(4,5)6/h17H,7-16,18-19H2,1-6H3,(H,24,27). The SMILES string of the molecule is CC(C)(C)OC(=O)NCCCCCCOCN(CCCCCC=O)C(=O)OC(C)(C)C. The average Bonchev–Trinajstić information content (AvgIpc) is 2.61. The number of amides is 2. The molecule has 2 amide bonds. The van der Waals surface area contributed by atoms with E-state index in [4.69, 9.17) is 14.2 Å². The molecule has 0 aliphatic heterocycles. The molecular weight excluding hydrogens is 400 g/mol. The number of hydrogen-bond acceptors (Lipinski definition) is 6. The van der Waals surface area contributed by atoms with Crippen molar-refractivity contribution in [1.82, 2.24) is 10.2 Å². The summed E-state index contributed by atoms with van der Waals surface area (Å²) in [4.78, 5) is 35.9. The van der Waals surface area contributed by atoms with Crippen molar-refractivity contribution in [3.63, 3.8) is 0 Å². The molecule has 0 heterocycles. The van der Waals surface area contributed by atoms with Crippen LogP contribution in [0, 0.1) is 0 Å². The maximum absolute atomic E-state index is 12.4. The molecule has 0 fully saturated rings. The Morgan fingerprint density at radius 2 is 1.45 bits per heavy atom. The van der Waals surface area contributed by atoms with Crippen LogP contribution in [0.4, 0.5) is 9.59 Å². The molecule has 0 unspecified atom stereocenters. The first-order valence-electron chi connectivity index (χ1n) is 11.4. The molecule has 0 aromatic heterocycles. The van der Waals surface area contributed by atoms with Gasteiger partial charge in [0.1, 0.15) is 24.2 Å². The van der Waals surface area contributed by atoms with E-state index in [2.05, 4.69) is 5.32 Å². The van der Waals surface area contributed by atoms with Crippen molar-refractivity contribution in [1.29, 1.82) is 0 Å². The molecular formula is C23H44N2O6. The van der Waals surface area contributed by atoms with Crippen molar-refractivity contribution < 1.29 is 28.6 Å². The second-order valence-corrected chi connectivity index (χ2v) is 9.64. The highest BCUT2D eigenvalue weighted by Crippen LogP contribution is 2.12. The number of nitrogens with zero attached hydrogens (tertiary/aromatic N) is 1. The van der Waals surface area contributed by atoms with E-state index in [0.29, 0.717) is 26.1 Å². The van der Waals surface area contributed by atoms with Gasteiger partial charge in [0, 0.05) is 26.1 Å². The average molecular weight is 445 g/mol. The normalized spacial score (nSPS) is 11.7. The van der Waals surface area contributed by atoms with E-state index < -0.39 is 11.2 Å². The quantitative estimate of drug-likeness (QED) is 0.216. The third-order valence-corrected chi connectivity index (χ3v) is 4.03. The van der Waals surface area contributed by atoms with E-state index in [1.165, 1.54) is 0 Å². The molecule has 0 aliphatic rings. The van der Waals surface area contributed by atoms with Crippen LogP contribution in [0.25, 0.3) is 0 Å². The molecule has 0 atom stereocenters. The summed E-state index contributed by atoms with van der Waals surface area (Å²) in [5.74, 6) is 0. The van der Waals surface area contributed by atoms with Crippen molar-refractivity contribution in [2.24, 2.45) is 0 Å². The minimum absolute atomic E-state index is 0.197. The lowest BCUT2D eigenvalue weighted by molar-refractivity contribution is -0.108. The van der Waals surface area contributed by atoms with Gasteiger partial charge in [-0.05, 0) is 67.2 Å². The van der Waals surface area contributed by atoms with Crippen LogP contribution in [-0.2, 0) is 19.0 Å². The Bertz CT molecular complexity index is 511. The minimum Gasteiger partial charge on any atom is -0.444 e. The van der Waals surface area contributed by atoms with Gasteiger partial charge in [-0.25, -0.2) is 9.59 Å². The van der Waals surface area contributed by atoms with Gasteiger partial charge in [-0.15, -0.1) is 0 Å². The monoisotopic (exact) mass is 444 g/mol. The predicted octanol–water partition coefficient (Wildman–Crippen LogP) is 5.04. The Balaban J connectivity index is 4.00. The molecule has 0 aromatic carbocycles. The van der Waals surface area contributed by atoms with Gasteiger partial charge < -0.3 is 24.3 Å². The number of carbonyl (C=O) groups is 3. The van der Waals surface area contributed by atoms with E-state index in [9.17, 15) is 14.4 Å². The van der Waals surface area contributed by atoms with Crippen molar-refractivity contribution in [2.45, 2.75) is 104 Å². The van der Waals surface area contributed by atoms with Crippen LogP contribution in [0.3, 0.4) is 0 Å². The summed E-state index contributed by atoms with van der Waals surface area (Å²) >= 11 is 0. The zero-order valence-corrected chi connectivity index (χ0v) is 20.5. The largest absolute Gasteiger partial charge is 0.444 e. The highest BCUT2D eigenvalue weighted by molar-refractivity contribution is 5.68. The number of alkyl carbamates (subject to hydrolysis) is 1. The lowest BCUT2D eigenvalue weighted by atomic mass is 10.2. The van der Waals surface area contributed by atoms with E-state index in [0.717, 1.165) is 51.2 Å². The maximum atomic E-state index is 12.4. The summed E-state index contributed by atoms with van der Waals surface area (Å²) < 4.78 is 16.3. The molecule has 0 bridgehead atoms. The smallest absolute Gasteiger partial charge is 0.412 e. The summed E-state index contributed by atoms with van der Waals surface area (Å²) in [5, 5.41) is 2.75. The van der Waals surface area contributed by atoms with Crippen molar-refractivity contribution >= 4 is 18.5 Å². The lowest BCUT2D eigenvalue weighted by Gasteiger charge is -2.27. The van der Waals surface area contributed by atoms with Crippen molar-refractivity contribution in [3.05, 3.63) is 0 Å². The van der Waals surface area contributed by atoms with Gasteiger partial charge in [0.25, 0.3) is 0 Å². The summed E-state index contributed by atoms with van der Waals surface area (Å²) in [5.41, 5.74) is -1.04.